The minimum atomic E-state index is -0.344. The van der Waals surface area contributed by atoms with Crippen molar-refractivity contribution >= 4 is 40.7 Å². The lowest BCUT2D eigenvalue weighted by Crippen LogP contribution is -2.42. The third kappa shape index (κ3) is 2.17. The molecule has 1 saturated carbocycles. The van der Waals surface area contributed by atoms with Crippen molar-refractivity contribution in [2.75, 3.05) is 7.11 Å². The molecule has 0 bridgehead atoms. The highest BCUT2D eigenvalue weighted by Crippen LogP contribution is 2.50. The summed E-state index contributed by atoms with van der Waals surface area (Å²) in [6.07, 6.45) is 2.90. The van der Waals surface area contributed by atoms with Crippen molar-refractivity contribution in [3.63, 3.8) is 0 Å². The number of ether oxygens (including phenoxy) is 1. The Kier molecular flexibility index (Phi) is 3.28. The zero-order valence-corrected chi connectivity index (χ0v) is 10.7. The van der Waals surface area contributed by atoms with Crippen LogP contribution in [-0.2, 0) is 9.53 Å². The molecule has 0 saturated heterocycles. The molecule has 0 amide bonds. The summed E-state index contributed by atoms with van der Waals surface area (Å²) in [5, 5.41) is 0. The van der Waals surface area contributed by atoms with E-state index in [4.69, 9.17) is 16.3 Å². The summed E-state index contributed by atoms with van der Waals surface area (Å²) in [7, 11) is 1.45. The number of rotatable bonds is 3. The first-order valence-electron chi connectivity index (χ1n) is 4.69. The molecule has 1 aromatic rings. The van der Waals surface area contributed by atoms with E-state index < -0.39 is 0 Å². The molecule has 0 atom stereocenters. The fourth-order valence-electron chi connectivity index (χ4n) is 1.58. The van der Waals surface area contributed by atoms with Gasteiger partial charge < -0.3 is 4.74 Å². The summed E-state index contributed by atoms with van der Waals surface area (Å²) in [5.41, 5.74) is 0. The lowest BCUT2D eigenvalue weighted by atomic mass is 9.84. The standard InChI is InChI=1S/C10H11ClO2S2/c1-13-9(12)10(5-2-6-10)15-8-4-3-7(11)14-8/h3-4H,2,5-6H2,1H3. The first-order chi connectivity index (χ1) is 7.16. The molecule has 2 rings (SSSR count). The fourth-order valence-corrected chi connectivity index (χ4v) is 4.59. The van der Waals surface area contributed by atoms with Crippen molar-refractivity contribution in [1.82, 2.24) is 0 Å². The van der Waals surface area contributed by atoms with Crippen LogP contribution in [0.4, 0.5) is 0 Å². The number of esters is 1. The third-order valence-corrected chi connectivity index (χ3v) is 5.39. The van der Waals surface area contributed by atoms with E-state index in [9.17, 15) is 4.79 Å². The number of thioether (sulfide) groups is 1. The van der Waals surface area contributed by atoms with Crippen molar-refractivity contribution in [1.29, 1.82) is 0 Å². The zero-order chi connectivity index (χ0) is 10.9. The molecule has 0 aromatic carbocycles. The normalized spacial score (nSPS) is 18.3. The Bertz CT molecular complexity index is 371. The highest BCUT2D eigenvalue weighted by molar-refractivity contribution is 8.03. The van der Waals surface area contributed by atoms with Gasteiger partial charge in [-0.05, 0) is 31.4 Å². The van der Waals surface area contributed by atoms with E-state index in [-0.39, 0.29) is 10.7 Å². The van der Waals surface area contributed by atoms with Gasteiger partial charge in [0.1, 0.15) is 4.75 Å². The Morgan fingerprint density at radius 3 is 2.73 bits per heavy atom. The van der Waals surface area contributed by atoms with Crippen LogP contribution in [0.2, 0.25) is 4.34 Å². The summed E-state index contributed by atoms with van der Waals surface area (Å²) in [4.78, 5) is 11.7. The monoisotopic (exact) mass is 262 g/mol. The lowest BCUT2D eigenvalue weighted by Gasteiger charge is -2.37. The van der Waals surface area contributed by atoms with Gasteiger partial charge in [-0.15, -0.1) is 11.3 Å². The van der Waals surface area contributed by atoms with Crippen LogP contribution in [0.1, 0.15) is 19.3 Å². The van der Waals surface area contributed by atoms with Gasteiger partial charge in [0.2, 0.25) is 0 Å². The number of carbonyl (C=O) groups excluding carboxylic acids is 1. The van der Waals surface area contributed by atoms with Gasteiger partial charge in [-0.25, -0.2) is 0 Å². The van der Waals surface area contributed by atoms with Crippen LogP contribution in [0.15, 0.2) is 16.3 Å². The first-order valence-corrected chi connectivity index (χ1v) is 6.70. The summed E-state index contributed by atoms with van der Waals surface area (Å²) in [5.74, 6) is -0.108. The minimum absolute atomic E-state index is 0.108. The molecule has 5 heteroatoms. The Balaban J connectivity index is 2.11. The summed E-state index contributed by atoms with van der Waals surface area (Å²) < 4.78 is 6.35. The first kappa shape index (κ1) is 11.3. The van der Waals surface area contributed by atoms with Gasteiger partial charge >= 0.3 is 5.97 Å². The maximum absolute atomic E-state index is 11.7. The van der Waals surface area contributed by atoms with Gasteiger partial charge in [0.15, 0.2) is 0 Å². The van der Waals surface area contributed by atoms with Gasteiger partial charge in [0.05, 0.1) is 15.7 Å². The Morgan fingerprint density at radius 2 is 2.33 bits per heavy atom. The van der Waals surface area contributed by atoms with Crippen LogP contribution in [0.25, 0.3) is 0 Å². The van der Waals surface area contributed by atoms with Crippen LogP contribution in [-0.4, -0.2) is 17.8 Å². The van der Waals surface area contributed by atoms with Crippen molar-refractivity contribution in [3.05, 3.63) is 16.5 Å². The van der Waals surface area contributed by atoms with Gasteiger partial charge in [-0.2, -0.15) is 0 Å². The Morgan fingerprint density at radius 1 is 1.60 bits per heavy atom. The summed E-state index contributed by atoms with van der Waals surface area (Å²) >= 11 is 8.96. The van der Waals surface area contributed by atoms with E-state index in [0.29, 0.717) is 0 Å². The molecule has 0 aliphatic heterocycles. The third-order valence-electron chi connectivity index (χ3n) is 2.56. The van der Waals surface area contributed by atoms with Crippen LogP contribution >= 0.6 is 34.7 Å². The highest BCUT2D eigenvalue weighted by Gasteiger charge is 2.46. The molecule has 1 fully saturated rings. The molecule has 0 radical (unpaired) electrons. The van der Waals surface area contributed by atoms with E-state index in [1.54, 1.807) is 11.8 Å². The topological polar surface area (TPSA) is 26.3 Å². The highest BCUT2D eigenvalue weighted by atomic mass is 35.5. The molecule has 1 heterocycles. The smallest absolute Gasteiger partial charge is 0.322 e. The van der Waals surface area contributed by atoms with Crippen LogP contribution in [0.3, 0.4) is 0 Å². The molecule has 82 valence electrons. The summed E-state index contributed by atoms with van der Waals surface area (Å²) in [6.45, 7) is 0. The average molecular weight is 263 g/mol. The quantitative estimate of drug-likeness (QED) is 0.779. The molecule has 2 nitrogen and oxygen atoms in total. The second-order valence-electron chi connectivity index (χ2n) is 3.50. The van der Waals surface area contributed by atoms with Gasteiger partial charge in [-0.1, -0.05) is 23.4 Å². The van der Waals surface area contributed by atoms with E-state index in [1.165, 1.54) is 18.4 Å². The summed E-state index contributed by atoms with van der Waals surface area (Å²) in [6, 6.07) is 3.82. The molecule has 0 spiro atoms. The lowest BCUT2D eigenvalue weighted by molar-refractivity contribution is -0.145. The second kappa shape index (κ2) is 4.36. The molecular formula is C10H11ClO2S2. The number of hydrogen-bond acceptors (Lipinski definition) is 4. The minimum Gasteiger partial charge on any atom is -0.468 e. The van der Waals surface area contributed by atoms with Gasteiger partial charge in [0.25, 0.3) is 0 Å². The molecular weight excluding hydrogens is 252 g/mol. The van der Waals surface area contributed by atoms with Gasteiger partial charge in [0, 0.05) is 0 Å². The predicted molar refractivity (Wildman–Crippen MR) is 63.8 cm³/mol. The number of thiophene rings is 1. The molecule has 1 aromatic heterocycles. The van der Waals surface area contributed by atoms with E-state index >= 15 is 0 Å². The van der Waals surface area contributed by atoms with Crippen molar-refractivity contribution in [2.45, 2.75) is 28.2 Å². The second-order valence-corrected chi connectivity index (χ2v) is 6.90. The fraction of sp³-hybridized carbons (Fsp3) is 0.500. The molecule has 15 heavy (non-hydrogen) atoms. The van der Waals surface area contributed by atoms with Crippen LogP contribution in [0, 0.1) is 0 Å². The number of hydrogen-bond donors (Lipinski definition) is 0. The molecule has 1 aliphatic rings. The van der Waals surface area contributed by atoms with E-state index in [1.807, 2.05) is 12.1 Å². The SMILES string of the molecule is COC(=O)C1(Sc2ccc(Cl)s2)CCC1. The maximum Gasteiger partial charge on any atom is 0.322 e. The van der Waals surface area contributed by atoms with E-state index in [0.717, 1.165) is 27.8 Å². The maximum atomic E-state index is 11.7. The predicted octanol–water partition coefficient (Wildman–Crippen LogP) is 3.59. The van der Waals surface area contributed by atoms with Crippen molar-refractivity contribution in [3.8, 4) is 0 Å². The van der Waals surface area contributed by atoms with Crippen molar-refractivity contribution < 1.29 is 9.53 Å². The molecule has 0 N–H and O–H groups in total. The molecule has 1 aliphatic carbocycles. The largest absolute Gasteiger partial charge is 0.468 e. The average Bonchev–Trinajstić information content (AvgIpc) is 2.56. The number of halogens is 1. The van der Waals surface area contributed by atoms with Gasteiger partial charge in [-0.3, -0.25) is 4.79 Å². The molecule has 0 unspecified atom stereocenters. The van der Waals surface area contributed by atoms with Crippen molar-refractivity contribution in [2.24, 2.45) is 0 Å². The zero-order valence-electron chi connectivity index (χ0n) is 8.29. The van der Waals surface area contributed by atoms with Crippen LogP contribution < -0.4 is 0 Å². The van der Waals surface area contributed by atoms with E-state index in [2.05, 4.69) is 0 Å². The number of methoxy groups -OCH3 is 1. The Labute approximate surface area is 102 Å². The van der Waals surface area contributed by atoms with Crippen LogP contribution in [0.5, 0.6) is 0 Å². The Hall–Kier alpha value is -0.190. The number of carbonyl (C=O) groups is 1.